The van der Waals surface area contributed by atoms with E-state index in [-0.39, 0.29) is 0 Å². The summed E-state index contributed by atoms with van der Waals surface area (Å²) in [4.78, 5) is 57.8. The Hall–Kier alpha value is -3.17. The molecule has 0 fully saturated rings. The largest absolute Gasteiger partial charge is 0.459 e. The summed E-state index contributed by atoms with van der Waals surface area (Å²) in [5.41, 5.74) is 0. The van der Waals surface area contributed by atoms with Crippen molar-refractivity contribution < 1.29 is 47.7 Å². The molecule has 0 aromatic heterocycles. The fourth-order valence-electron chi connectivity index (χ4n) is 2.76. The third kappa shape index (κ3) is 8.89. The van der Waals surface area contributed by atoms with Crippen molar-refractivity contribution in [3.05, 3.63) is 24.3 Å². The summed E-state index contributed by atoms with van der Waals surface area (Å²) < 4.78 is 26.0. The zero-order valence-corrected chi connectivity index (χ0v) is 17.5. The summed E-state index contributed by atoms with van der Waals surface area (Å²) in [5.74, 6) is -3.36. The van der Waals surface area contributed by atoms with Crippen molar-refractivity contribution in [3.8, 4) is 0 Å². The first-order valence-electron chi connectivity index (χ1n) is 9.24. The van der Waals surface area contributed by atoms with Crippen molar-refractivity contribution >= 4 is 29.8 Å². The zero-order chi connectivity index (χ0) is 22.8. The number of esters is 5. The minimum absolute atomic E-state index is 0.393. The van der Waals surface area contributed by atoms with Gasteiger partial charge in [0.1, 0.15) is 12.2 Å². The molecule has 0 aromatic carbocycles. The second-order valence-electron chi connectivity index (χ2n) is 6.54. The molecule has 1 heterocycles. The van der Waals surface area contributed by atoms with E-state index in [0.29, 0.717) is 6.42 Å². The van der Waals surface area contributed by atoms with Crippen LogP contribution in [0.1, 0.15) is 41.0 Å². The normalized spacial score (nSPS) is 19.8. The number of hydrogen-bond donors (Lipinski definition) is 0. The Kier molecular flexibility index (Phi) is 9.73. The Morgan fingerprint density at radius 2 is 1.47 bits per heavy atom. The van der Waals surface area contributed by atoms with Gasteiger partial charge in [-0.25, -0.2) is 4.79 Å². The second-order valence-corrected chi connectivity index (χ2v) is 6.54. The Labute approximate surface area is 174 Å². The van der Waals surface area contributed by atoms with Gasteiger partial charge in [0, 0.05) is 40.2 Å². The molecule has 10 heteroatoms. The van der Waals surface area contributed by atoms with Crippen molar-refractivity contribution in [2.75, 3.05) is 0 Å². The first-order valence-corrected chi connectivity index (χ1v) is 9.24. The number of cyclic esters (lactones) is 1. The van der Waals surface area contributed by atoms with E-state index in [2.05, 4.69) is 0 Å². The van der Waals surface area contributed by atoms with Gasteiger partial charge in [0.05, 0.1) is 0 Å². The molecule has 1 rings (SSSR count). The molecule has 0 saturated carbocycles. The van der Waals surface area contributed by atoms with Crippen molar-refractivity contribution in [3.63, 3.8) is 0 Å². The number of carbonyl (C=O) groups is 5. The molecule has 1 aliphatic rings. The molecule has 0 spiro atoms. The highest BCUT2D eigenvalue weighted by atomic mass is 16.6. The van der Waals surface area contributed by atoms with Crippen LogP contribution in [0, 0.1) is 0 Å². The standard InChI is InChI=1S/C20H26O10/c1-11(26-12(2)21)19(28-14(4)23)20(29-15(5)24)17(27-13(3)22)10-9-16-7-6-8-18(25)30-16/h6,8-11,16-17,19-20H,7H2,1-5H3/b10-9-/t11-,16+,17-,19+,20+/m0/s1. The van der Waals surface area contributed by atoms with Gasteiger partial charge in [-0.1, -0.05) is 6.08 Å². The third-order valence-corrected chi connectivity index (χ3v) is 3.77. The van der Waals surface area contributed by atoms with Gasteiger partial charge in [0.15, 0.2) is 18.3 Å². The molecule has 0 amide bonds. The number of ether oxygens (including phenoxy) is 5. The van der Waals surface area contributed by atoms with E-state index in [9.17, 15) is 24.0 Å². The van der Waals surface area contributed by atoms with Crippen LogP contribution in [0.25, 0.3) is 0 Å². The minimum Gasteiger partial charge on any atom is -0.459 e. The Bertz CT molecular complexity index is 723. The van der Waals surface area contributed by atoms with Gasteiger partial charge in [0.2, 0.25) is 0 Å². The predicted octanol–water partition coefficient (Wildman–Crippen LogP) is 1.16. The van der Waals surface area contributed by atoms with Crippen LogP contribution in [-0.4, -0.2) is 60.4 Å². The first kappa shape index (κ1) is 24.9. The molecular weight excluding hydrogens is 400 g/mol. The smallest absolute Gasteiger partial charge is 0.331 e. The second kappa shape index (κ2) is 11.7. The summed E-state index contributed by atoms with van der Waals surface area (Å²) in [5, 5.41) is 0. The van der Waals surface area contributed by atoms with E-state index in [4.69, 9.17) is 23.7 Å². The van der Waals surface area contributed by atoms with Gasteiger partial charge in [-0.05, 0) is 19.1 Å². The molecule has 30 heavy (non-hydrogen) atoms. The molecule has 0 aliphatic carbocycles. The maximum Gasteiger partial charge on any atom is 0.331 e. The average molecular weight is 426 g/mol. The Balaban J connectivity index is 3.26. The highest BCUT2D eigenvalue weighted by molar-refractivity contribution is 5.83. The maximum atomic E-state index is 11.7. The molecule has 0 unspecified atom stereocenters. The lowest BCUT2D eigenvalue weighted by Crippen LogP contribution is -2.50. The van der Waals surface area contributed by atoms with E-state index in [1.54, 1.807) is 6.08 Å². The summed E-state index contributed by atoms with van der Waals surface area (Å²) in [6, 6.07) is 0. The van der Waals surface area contributed by atoms with Gasteiger partial charge in [-0.3, -0.25) is 19.2 Å². The predicted molar refractivity (Wildman–Crippen MR) is 101 cm³/mol. The summed E-state index contributed by atoms with van der Waals surface area (Å²) in [6.45, 7) is 6.00. The molecule has 5 atom stereocenters. The first-order chi connectivity index (χ1) is 14.0. The minimum atomic E-state index is -1.34. The van der Waals surface area contributed by atoms with Gasteiger partial charge in [-0.15, -0.1) is 0 Å². The molecule has 166 valence electrons. The van der Waals surface area contributed by atoms with Crippen molar-refractivity contribution in [1.29, 1.82) is 0 Å². The van der Waals surface area contributed by atoms with Crippen LogP contribution in [0.4, 0.5) is 0 Å². The van der Waals surface area contributed by atoms with Gasteiger partial charge < -0.3 is 23.7 Å². The number of hydrogen-bond acceptors (Lipinski definition) is 10. The quantitative estimate of drug-likeness (QED) is 0.300. The van der Waals surface area contributed by atoms with Gasteiger partial charge in [-0.2, -0.15) is 0 Å². The van der Waals surface area contributed by atoms with Crippen LogP contribution in [0.15, 0.2) is 24.3 Å². The fourth-order valence-corrected chi connectivity index (χ4v) is 2.76. The molecular formula is C20H26O10. The lowest BCUT2D eigenvalue weighted by molar-refractivity contribution is -0.193. The van der Waals surface area contributed by atoms with E-state index in [0.717, 1.165) is 27.7 Å². The highest BCUT2D eigenvalue weighted by Crippen LogP contribution is 2.21. The molecule has 1 aliphatic heterocycles. The zero-order valence-electron chi connectivity index (χ0n) is 17.5. The van der Waals surface area contributed by atoms with Crippen LogP contribution in [0.5, 0.6) is 0 Å². The van der Waals surface area contributed by atoms with Crippen LogP contribution >= 0.6 is 0 Å². The van der Waals surface area contributed by atoms with Crippen LogP contribution in [0.3, 0.4) is 0 Å². The van der Waals surface area contributed by atoms with Crippen molar-refractivity contribution in [2.45, 2.75) is 71.6 Å². The SMILES string of the molecule is CC(=O)O[C@@H]([C@H](OC(C)=O)[C@H](/C=C\[C@H]1CC=CC(=O)O1)OC(C)=O)[C@H](C)OC(C)=O. The molecule has 0 saturated heterocycles. The molecule has 0 bridgehead atoms. The number of carbonyl (C=O) groups excluding carboxylic acids is 5. The Morgan fingerprint density at radius 1 is 0.933 bits per heavy atom. The van der Waals surface area contributed by atoms with Crippen LogP contribution < -0.4 is 0 Å². The Morgan fingerprint density at radius 3 is 1.97 bits per heavy atom. The van der Waals surface area contributed by atoms with Crippen LogP contribution in [-0.2, 0) is 47.7 Å². The highest BCUT2D eigenvalue weighted by Gasteiger charge is 2.40. The lowest BCUT2D eigenvalue weighted by atomic mass is 10.0. The summed E-state index contributed by atoms with van der Waals surface area (Å²) >= 11 is 0. The van der Waals surface area contributed by atoms with Gasteiger partial charge in [0.25, 0.3) is 0 Å². The van der Waals surface area contributed by atoms with Crippen LogP contribution in [0.2, 0.25) is 0 Å². The third-order valence-electron chi connectivity index (χ3n) is 3.77. The van der Waals surface area contributed by atoms with Crippen molar-refractivity contribution in [1.82, 2.24) is 0 Å². The lowest BCUT2D eigenvalue weighted by Gasteiger charge is -2.33. The monoisotopic (exact) mass is 426 g/mol. The fraction of sp³-hybridized carbons (Fsp3) is 0.550. The van der Waals surface area contributed by atoms with Gasteiger partial charge >= 0.3 is 29.8 Å². The van der Waals surface area contributed by atoms with E-state index >= 15 is 0 Å². The number of rotatable bonds is 9. The van der Waals surface area contributed by atoms with Crippen molar-refractivity contribution in [2.24, 2.45) is 0 Å². The topological polar surface area (TPSA) is 132 Å². The van der Waals surface area contributed by atoms with E-state index < -0.39 is 60.4 Å². The summed E-state index contributed by atoms with van der Waals surface area (Å²) in [7, 11) is 0. The van der Waals surface area contributed by atoms with E-state index in [1.807, 2.05) is 0 Å². The summed E-state index contributed by atoms with van der Waals surface area (Å²) in [6.07, 6.45) is 0.629. The molecule has 0 N–H and O–H groups in total. The van der Waals surface area contributed by atoms with E-state index in [1.165, 1.54) is 25.2 Å². The maximum absolute atomic E-state index is 11.7. The molecule has 0 aromatic rings. The molecule has 0 radical (unpaired) electrons. The average Bonchev–Trinajstić information content (AvgIpc) is 2.60. The molecule has 10 nitrogen and oxygen atoms in total.